The highest BCUT2D eigenvalue weighted by Gasteiger charge is 2.61. The number of ether oxygens (including phenoxy) is 12. The molecule has 6 heterocycles. The van der Waals surface area contributed by atoms with Gasteiger partial charge in [0.05, 0.1) is 71.2 Å². The maximum Gasteiger partial charge on any atom is 0.220 e. The minimum absolute atomic E-state index is 0.0190. The smallest absolute Gasteiger partial charge is 0.220 e. The van der Waals surface area contributed by atoms with E-state index in [1.54, 1.807) is 12.4 Å². The molecule has 0 radical (unpaired) electrons. The molecule has 444 valence electrons. The summed E-state index contributed by atoms with van der Waals surface area (Å²) in [4.78, 5) is 35.5. The number of amides is 3. The molecular formula is C49H84N10O19. The van der Waals surface area contributed by atoms with Crippen molar-refractivity contribution < 1.29 is 91.7 Å². The van der Waals surface area contributed by atoms with Gasteiger partial charge in [0.1, 0.15) is 59.1 Å². The summed E-state index contributed by atoms with van der Waals surface area (Å²) in [6.07, 6.45) is 1.62. The predicted molar refractivity (Wildman–Crippen MR) is 269 cm³/mol. The number of aromatic nitrogens is 6. The highest BCUT2D eigenvalue weighted by Crippen LogP contribution is 2.39. The number of fused-ring (bicyclic) bond motifs is 4. The molecule has 29 heteroatoms. The Bertz CT molecular complexity index is 1920. The lowest BCUT2D eigenvalue weighted by Gasteiger charge is -2.42. The fraction of sp³-hybridized carbons (Fsp3) is 0.857. The lowest BCUT2D eigenvalue weighted by atomic mass is 9.87. The van der Waals surface area contributed by atoms with Crippen LogP contribution in [0, 0.1) is 0 Å². The minimum atomic E-state index is -1.32. The van der Waals surface area contributed by atoms with E-state index in [9.17, 15) is 34.8 Å². The van der Waals surface area contributed by atoms with Gasteiger partial charge in [0.25, 0.3) is 0 Å². The topological polar surface area (TPSA) is 366 Å². The summed E-state index contributed by atoms with van der Waals surface area (Å²) >= 11 is 0. The first kappa shape index (κ1) is 63.2. The second kappa shape index (κ2) is 33.7. The Morgan fingerprint density at radius 2 is 0.974 bits per heavy atom. The molecule has 0 spiro atoms. The van der Waals surface area contributed by atoms with Crippen LogP contribution in [0.5, 0.6) is 0 Å². The molecule has 4 aliphatic rings. The van der Waals surface area contributed by atoms with Gasteiger partial charge in [-0.2, -0.15) is 0 Å². The van der Waals surface area contributed by atoms with E-state index >= 15 is 0 Å². The quantitative estimate of drug-likeness (QED) is 0.0307. The van der Waals surface area contributed by atoms with Gasteiger partial charge in [-0.05, 0) is 51.5 Å². The van der Waals surface area contributed by atoms with Gasteiger partial charge in [0.15, 0.2) is 12.6 Å². The van der Waals surface area contributed by atoms with Gasteiger partial charge in [-0.25, -0.2) is 9.36 Å². The standard InChI is InChI=1S/C49H84N10O19/c1-34(60)51-40-42(63)44(65)48(32-75-46(40)77-48)30-58-24-36(54-56-58)26-71-20-6-16-67-12-4-14-69-18-8-22-73-28-38(53-39(62)10-3-11-50)29-74-23-9-19-70-15-5-13-68-17-7-21-72-27-37-25-59(57-55-37)31-49-33-76-47(78-49)41(52-35(2)61)43(64)45(49)66/h24-25,38,40-47,63-66H,3-23,26-33,50H2,1-2H3,(H,51,60)(H,52,61)(H,53,62)/t40-,41-,42-,43-,44-,45-,46+,47+,48-,49-/m1/s1. The summed E-state index contributed by atoms with van der Waals surface area (Å²) in [6.45, 7) is 10.6. The number of hydrogen-bond acceptors (Lipinski definition) is 24. The molecule has 0 unspecified atom stereocenters. The molecule has 4 saturated heterocycles. The van der Waals surface area contributed by atoms with Crippen molar-refractivity contribution in [2.75, 3.05) is 112 Å². The van der Waals surface area contributed by atoms with E-state index in [2.05, 4.69) is 36.6 Å². The van der Waals surface area contributed by atoms with E-state index in [1.807, 2.05) is 0 Å². The molecule has 0 aromatic carbocycles. The fourth-order valence-electron chi connectivity index (χ4n) is 9.17. The molecule has 0 saturated carbocycles. The van der Waals surface area contributed by atoms with Crippen molar-refractivity contribution in [1.82, 2.24) is 45.9 Å². The summed E-state index contributed by atoms with van der Waals surface area (Å²) in [7, 11) is 0. The molecular weight excluding hydrogens is 1030 g/mol. The molecule has 4 aliphatic heterocycles. The molecule has 2 aromatic heterocycles. The summed E-state index contributed by atoms with van der Waals surface area (Å²) in [5.41, 5.74) is 4.31. The van der Waals surface area contributed by atoms with Crippen molar-refractivity contribution in [3.8, 4) is 0 Å². The number of nitrogens with two attached hydrogens (primary N) is 1. The molecule has 4 bridgehead atoms. The van der Waals surface area contributed by atoms with Crippen LogP contribution in [0.3, 0.4) is 0 Å². The number of nitrogens with one attached hydrogen (secondary N) is 3. The zero-order valence-electron chi connectivity index (χ0n) is 45.0. The molecule has 9 N–H and O–H groups in total. The third-order valence-corrected chi connectivity index (χ3v) is 13.1. The lowest BCUT2D eigenvalue weighted by molar-refractivity contribution is -0.229. The number of carbonyl (C=O) groups is 3. The number of aliphatic hydroxyl groups excluding tert-OH is 4. The van der Waals surface area contributed by atoms with Crippen molar-refractivity contribution in [2.45, 2.75) is 158 Å². The maximum atomic E-state index is 12.4. The van der Waals surface area contributed by atoms with Crippen molar-refractivity contribution >= 4 is 17.7 Å². The van der Waals surface area contributed by atoms with E-state index in [0.29, 0.717) is 149 Å². The Kier molecular flexibility index (Phi) is 27.3. The third-order valence-electron chi connectivity index (χ3n) is 13.1. The summed E-state index contributed by atoms with van der Waals surface area (Å²) < 4.78 is 72.2. The monoisotopic (exact) mass is 1120 g/mol. The average molecular weight is 1120 g/mol. The first-order valence-electron chi connectivity index (χ1n) is 27.1. The fourth-order valence-corrected chi connectivity index (χ4v) is 9.17. The van der Waals surface area contributed by atoms with E-state index in [4.69, 9.17) is 62.6 Å². The minimum Gasteiger partial charge on any atom is -0.388 e. The van der Waals surface area contributed by atoms with Gasteiger partial charge >= 0.3 is 0 Å². The Morgan fingerprint density at radius 1 is 0.603 bits per heavy atom. The third kappa shape index (κ3) is 20.2. The Balaban J connectivity index is 0.690. The Hall–Kier alpha value is -3.99. The van der Waals surface area contributed by atoms with Crippen molar-refractivity contribution in [3.63, 3.8) is 0 Å². The van der Waals surface area contributed by atoms with Crippen LogP contribution in [0.2, 0.25) is 0 Å². The van der Waals surface area contributed by atoms with Gasteiger partial charge < -0.3 is 99.0 Å². The van der Waals surface area contributed by atoms with Crippen molar-refractivity contribution in [3.05, 3.63) is 23.8 Å². The van der Waals surface area contributed by atoms with Gasteiger partial charge in [-0.15, -0.1) is 10.2 Å². The van der Waals surface area contributed by atoms with Crippen LogP contribution in [0.15, 0.2) is 12.4 Å². The Labute approximate surface area is 453 Å². The SMILES string of the molecule is CC(=O)N[C@H]1[C@H]2OC[C@@](Cn3cc(COCCCOCCCOCCCOCC(COCCCOCCCOCCCOCc4cn(C[C@]56CO[C@@H](O5)[C@H](NC(C)=O)[C@@H](O)[C@H]6O)nn4)NC(=O)CCCN)nn3)(O2)[C@H](O)[C@@H]1O. The predicted octanol–water partition coefficient (Wildman–Crippen LogP) is -3.03. The highest BCUT2D eigenvalue weighted by atomic mass is 16.8. The van der Waals surface area contributed by atoms with Crippen LogP contribution in [0.1, 0.15) is 76.6 Å². The summed E-state index contributed by atoms with van der Waals surface area (Å²) in [5.74, 6) is -0.833. The van der Waals surface area contributed by atoms with Crippen LogP contribution in [-0.4, -0.2) is 247 Å². The molecule has 78 heavy (non-hydrogen) atoms. The van der Waals surface area contributed by atoms with E-state index in [1.165, 1.54) is 23.2 Å². The molecule has 29 nitrogen and oxygen atoms in total. The van der Waals surface area contributed by atoms with Crippen molar-refractivity contribution in [1.29, 1.82) is 0 Å². The van der Waals surface area contributed by atoms with Crippen LogP contribution in [0.4, 0.5) is 0 Å². The molecule has 3 amide bonds. The van der Waals surface area contributed by atoms with Crippen LogP contribution in [0.25, 0.3) is 0 Å². The number of carbonyl (C=O) groups excluding carboxylic acids is 3. The largest absolute Gasteiger partial charge is 0.388 e. The first-order valence-corrected chi connectivity index (χ1v) is 27.1. The number of nitrogens with zero attached hydrogens (tertiary/aromatic N) is 6. The van der Waals surface area contributed by atoms with Crippen LogP contribution < -0.4 is 21.7 Å². The lowest BCUT2D eigenvalue weighted by Crippen LogP contribution is -2.66. The van der Waals surface area contributed by atoms with Crippen LogP contribution in [-0.2, 0) is 97.5 Å². The van der Waals surface area contributed by atoms with E-state index in [0.717, 1.165) is 12.8 Å². The van der Waals surface area contributed by atoms with Gasteiger partial charge in [-0.3, -0.25) is 14.4 Å². The maximum absolute atomic E-state index is 12.4. The summed E-state index contributed by atoms with van der Waals surface area (Å²) in [5, 5.41) is 67.5. The molecule has 6 rings (SSSR count). The normalized spacial score (nSPS) is 26.8. The zero-order chi connectivity index (χ0) is 55.6. The second-order valence-electron chi connectivity index (χ2n) is 19.8. The van der Waals surface area contributed by atoms with Crippen molar-refractivity contribution in [2.24, 2.45) is 5.73 Å². The van der Waals surface area contributed by atoms with E-state index in [-0.39, 0.29) is 63.3 Å². The summed E-state index contributed by atoms with van der Waals surface area (Å²) in [6, 6.07) is -2.07. The highest BCUT2D eigenvalue weighted by molar-refractivity contribution is 5.76. The molecule has 0 aliphatic carbocycles. The molecule has 4 fully saturated rings. The molecule has 10 atom stereocenters. The number of rotatable bonds is 42. The average Bonchev–Trinajstić information content (AvgIpc) is 4.29. The van der Waals surface area contributed by atoms with Gasteiger partial charge in [0, 0.05) is 99.6 Å². The van der Waals surface area contributed by atoms with Gasteiger partial charge in [0.2, 0.25) is 17.7 Å². The Morgan fingerprint density at radius 3 is 1.35 bits per heavy atom. The number of hydrogen-bond donors (Lipinski definition) is 8. The molecule has 2 aromatic rings. The number of aliphatic hydroxyl groups is 4. The van der Waals surface area contributed by atoms with E-state index < -0.39 is 60.3 Å². The van der Waals surface area contributed by atoms with Crippen LogP contribution >= 0.6 is 0 Å². The first-order chi connectivity index (χ1) is 37.8. The second-order valence-corrected chi connectivity index (χ2v) is 19.8. The zero-order valence-corrected chi connectivity index (χ0v) is 45.0. The van der Waals surface area contributed by atoms with Gasteiger partial charge in [-0.1, -0.05) is 10.4 Å².